The highest BCUT2D eigenvalue weighted by atomic mass is 32.2. The Balaban J connectivity index is 2.75. The average molecular weight is 279 g/mol. The maximum absolute atomic E-state index is 11.8. The van der Waals surface area contributed by atoms with Crippen molar-refractivity contribution in [2.24, 2.45) is 0 Å². The van der Waals surface area contributed by atoms with Gasteiger partial charge in [-0.3, -0.25) is 10.1 Å². The van der Waals surface area contributed by atoms with E-state index in [9.17, 15) is 4.79 Å². The van der Waals surface area contributed by atoms with Gasteiger partial charge in [0.15, 0.2) is 0 Å². The minimum absolute atomic E-state index is 0.0489. The average Bonchev–Trinajstić information content (AvgIpc) is 2.47. The lowest BCUT2D eigenvalue weighted by molar-refractivity contribution is -0.143. The van der Waals surface area contributed by atoms with Gasteiger partial charge in [-0.15, -0.1) is 6.58 Å². The number of benzene rings is 1. The number of nitrogens with one attached hydrogen (secondary N) is 1. The van der Waals surface area contributed by atoms with E-state index in [1.807, 2.05) is 42.7 Å². The molecule has 0 aliphatic rings. The third-order valence-corrected chi connectivity index (χ3v) is 3.52. The predicted molar refractivity (Wildman–Crippen MR) is 81.3 cm³/mol. The third-order valence-electron chi connectivity index (χ3n) is 2.87. The van der Waals surface area contributed by atoms with Gasteiger partial charge in [0, 0.05) is 0 Å². The van der Waals surface area contributed by atoms with Crippen molar-refractivity contribution >= 4 is 17.7 Å². The highest BCUT2D eigenvalue weighted by molar-refractivity contribution is 7.98. The summed E-state index contributed by atoms with van der Waals surface area (Å²) in [6.45, 7) is 3.84. The van der Waals surface area contributed by atoms with Gasteiger partial charge in [0.25, 0.3) is 0 Å². The van der Waals surface area contributed by atoms with Crippen molar-refractivity contribution in [1.29, 1.82) is 0 Å². The smallest absolute Gasteiger partial charge is 0.322 e. The fourth-order valence-corrected chi connectivity index (χ4v) is 2.30. The molecule has 2 atom stereocenters. The molecule has 1 rings (SSSR count). The topological polar surface area (TPSA) is 38.3 Å². The Morgan fingerprint density at radius 1 is 1.47 bits per heavy atom. The molecule has 19 heavy (non-hydrogen) atoms. The van der Waals surface area contributed by atoms with Crippen molar-refractivity contribution in [3.05, 3.63) is 48.6 Å². The molecular formula is C15H21NO2S. The van der Waals surface area contributed by atoms with Gasteiger partial charge in [-0.05, 0) is 24.0 Å². The first-order valence-corrected chi connectivity index (χ1v) is 7.62. The van der Waals surface area contributed by atoms with Crippen LogP contribution in [0.5, 0.6) is 0 Å². The Bertz CT molecular complexity index is 394. The van der Waals surface area contributed by atoms with E-state index in [1.165, 1.54) is 7.11 Å². The van der Waals surface area contributed by atoms with E-state index >= 15 is 0 Å². The van der Waals surface area contributed by atoms with E-state index in [1.54, 1.807) is 11.8 Å². The minimum Gasteiger partial charge on any atom is -0.468 e. The molecule has 4 heteroatoms. The Labute approximate surface area is 119 Å². The van der Waals surface area contributed by atoms with Crippen LogP contribution >= 0.6 is 11.8 Å². The lowest BCUT2D eigenvalue weighted by Crippen LogP contribution is -2.39. The molecule has 104 valence electrons. The first-order chi connectivity index (χ1) is 9.22. The monoisotopic (exact) mass is 279 g/mol. The molecule has 0 saturated carbocycles. The molecule has 0 aliphatic carbocycles. The molecule has 3 nitrogen and oxygen atoms in total. The van der Waals surface area contributed by atoms with Crippen LogP contribution in [0.2, 0.25) is 0 Å². The Kier molecular flexibility index (Phi) is 7.30. The zero-order chi connectivity index (χ0) is 14.1. The second-order valence-electron chi connectivity index (χ2n) is 4.15. The molecule has 0 saturated heterocycles. The maximum Gasteiger partial charge on any atom is 0.322 e. The summed E-state index contributed by atoms with van der Waals surface area (Å²) in [6.07, 6.45) is 4.58. The zero-order valence-electron chi connectivity index (χ0n) is 11.5. The van der Waals surface area contributed by atoms with Gasteiger partial charge in [-0.25, -0.2) is 0 Å². The van der Waals surface area contributed by atoms with Gasteiger partial charge in [0.2, 0.25) is 0 Å². The van der Waals surface area contributed by atoms with E-state index in [0.717, 1.165) is 17.7 Å². The van der Waals surface area contributed by atoms with E-state index < -0.39 is 0 Å². The van der Waals surface area contributed by atoms with Gasteiger partial charge in [0.05, 0.1) is 13.2 Å². The third kappa shape index (κ3) is 5.09. The van der Waals surface area contributed by atoms with Gasteiger partial charge < -0.3 is 4.74 Å². The van der Waals surface area contributed by atoms with Crippen LogP contribution in [-0.4, -0.2) is 31.1 Å². The molecule has 0 amide bonds. The molecular weight excluding hydrogens is 258 g/mol. The normalized spacial score (nSPS) is 13.6. The molecule has 0 aromatic heterocycles. The number of carbonyl (C=O) groups excluding carboxylic acids is 1. The second kappa shape index (κ2) is 8.77. The summed E-state index contributed by atoms with van der Waals surface area (Å²) in [7, 11) is 1.42. The van der Waals surface area contributed by atoms with Gasteiger partial charge in [-0.1, -0.05) is 36.4 Å². The first kappa shape index (κ1) is 15.8. The van der Waals surface area contributed by atoms with Crippen LogP contribution < -0.4 is 5.32 Å². The molecule has 0 bridgehead atoms. The summed E-state index contributed by atoms with van der Waals surface area (Å²) < 4.78 is 4.85. The van der Waals surface area contributed by atoms with Crippen LogP contribution in [-0.2, 0) is 9.53 Å². The fourth-order valence-electron chi connectivity index (χ4n) is 1.82. The SMILES string of the molecule is C=C[C@@H](N[C@@H](CCSC)C(=O)OC)c1ccccc1. The maximum atomic E-state index is 11.8. The van der Waals surface area contributed by atoms with Crippen molar-refractivity contribution in [1.82, 2.24) is 5.32 Å². The molecule has 0 unspecified atom stereocenters. The first-order valence-electron chi connectivity index (χ1n) is 6.23. The summed E-state index contributed by atoms with van der Waals surface area (Å²) in [5.74, 6) is 0.683. The van der Waals surface area contributed by atoms with Gasteiger partial charge >= 0.3 is 5.97 Å². The molecule has 1 N–H and O–H groups in total. The number of hydrogen-bond donors (Lipinski definition) is 1. The van der Waals surface area contributed by atoms with Crippen molar-refractivity contribution in [3.8, 4) is 0 Å². The molecule has 0 radical (unpaired) electrons. The summed E-state index contributed by atoms with van der Waals surface area (Å²) in [6, 6.07) is 9.60. The second-order valence-corrected chi connectivity index (χ2v) is 5.13. The van der Waals surface area contributed by atoms with Crippen LogP contribution in [0.1, 0.15) is 18.0 Å². The highest BCUT2D eigenvalue weighted by Gasteiger charge is 2.21. The van der Waals surface area contributed by atoms with Crippen molar-refractivity contribution < 1.29 is 9.53 Å². The number of thioether (sulfide) groups is 1. The van der Waals surface area contributed by atoms with Crippen molar-refractivity contribution in [2.75, 3.05) is 19.1 Å². The Hall–Kier alpha value is -1.26. The number of carbonyl (C=O) groups is 1. The van der Waals surface area contributed by atoms with Crippen LogP contribution in [0.15, 0.2) is 43.0 Å². The Morgan fingerprint density at radius 2 is 2.16 bits per heavy atom. The summed E-state index contributed by atoms with van der Waals surface area (Å²) >= 11 is 1.71. The summed E-state index contributed by atoms with van der Waals surface area (Å²) in [4.78, 5) is 11.8. The van der Waals surface area contributed by atoms with Gasteiger partial charge in [0.1, 0.15) is 6.04 Å². The number of hydrogen-bond acceptors (Lipinski definition) is 4. The minimum atomic E-state index is -0.305. The predicted octanol–water partition coefficient (Wildman–Crippen LogP) is 2.80. The van der Waals surface area contributed by atoms with E-state index in [-0.39, 0.29) is 18.1 Å². The lowest BCUT2D eigenvalue weighted by atomic mass is 10.1. The number of rotatable bonds is 8. The molecule has 0 fully saturated rings. The van der Waals surface area contributed by atoms with E-state index in [2.05, 4.69) is 11.9 Å². The van der Waals surface area contributed by atoms with Gasteiger partial charge in [-0.2, -0.15) is 11.8 Å². The quantitative estimate of drug-likeness (QED) is 0.586. The Morgan fingerprint density at radius 3 is 2.68 bits per heavy atom. The van der Waals surface area contributed by atoms with Crippen LogP contribution in [0.4, 0.5) is 0 Å². The van der Waals surface area contributed by atoms with E-state index in [4.69, 9.17) is 4.74 Å². The summed E-state index contributed by atoms with van der Waals surface area (Å²) in [5, 5.41) is 3.30. The van der Waals surface area contributed by atoms with Crippen LogP contribution in [0, 0.1) is 0 Å². The lowest BCUT2D eigenvalue weighted by Gasteiger charge is -2.22. The highest BCUT2D eigenvalue weighted by Crippen LogP contribution is 2.16. The number of ether oxygens (including phenoxy) is 1. The van der Waals surface area contributed by atoms with Crippen LogP contribution in [0.3, 0.4) is 0 Å². The number of esters is 1. The summed E-state index contributed by atoms with van der Waals surface area (Å²) in [5.41, 5.74) is 1.09. The fraction of sp³-hybridized carbons (Fsp3) is 0.400. The standard InChI is InChI=1S/C15H21NO2S/c1-4-13(12-8-6-5-7-9-12)16-14(10-11-19-3)15(17)18-2/h4-9,13-14,16H,1,10-11H2,2-3H3/t13-,14+/m1/s1. The number of methoxy groups -OCH3 is 1. The molecule has 0 aliphatic heterocycles. The molecule has 1 aromatic carbocycles. The van der Waals surface area contributed by atoms with Crippen molar-refractivity contribution in [3.63, 3.8) is 0 Å². The molecule has 0 spiro atoms. The largest absolute Gasteiger partial charge is 0.468 e. The van der Waals surface area contributed by atoms with E-state index in [0.29, 0.717) is 0 Å². The molecule has 1 aromatic rings. The molecule has 0 heterocycles. The van der Waals surface area contributed by atoms with Crippen LogP contribution in [0.25, 0.3) is 0 Å². The van der Waals surface area contributed by atoms with Crippen molar-refractivity contribution in [2.45, 2.75) is 18.5 Å². The zero-order valence-corrected chi connectivity index (χ0v) is 12.3.